The zero-order valence-corrected chi connectivity index (χ0v) is 19.2. The van der Waals surface area contributed by atoms with Crippen LogP contribution in [0.4, 0.5) is 0 Å². The molecule has 11 nitrogen and oxygen atoms in total. The van der Waals surface area contributed by atoms with Gasteiger partial charge in [0, 0.05) is 29.7 Å². The number of esters is 1. The number of fused-ring (bicyclic) bond motifs is 1. The molecule has 11 heteroatoms. The number of aromatic hydroxyl groups is 7. The van der Waals surface area contributed by atoms with Gasteiger partial charge in [0.1, 0.15) is 23.4 Å². The van der Waals surface area contributed by atoms with Crippen molar-refractivity contribution in [1.29, 1.82) is 0 Å². The van der Waals surface area contributed by atoms with E-state index in [4.69, 9.17) is 14.2 Å². The van der Waals surface area contributed by atoms with Gasteiger partial charge in [-0.05, 0) is 38.1 Å². The molecule has 0 unspecified atom stereocenters. The second-order valence-corrected chi connectivity index (χ2v) is 8.55. The molecule has 0 radical (unpaired) electrons. The van der Waals surface area contributed by atoms with Crippen LogP contribution in [0.15, 0.2) is 36.4 Å². The Kier molecular flexibility index (Phi) is 6.23. The van der Waals surface area contributed by atoms with Crippen molar-refractivity contribution in [3.63, 3.8) is 0 Å². The highest BCUT2D eigenvalue weighted by molar-refractivity contribution is 5.91. The molecule has 3 aromatic carbocycles. The third-order valence-electron chi connectivity index (χ3n) is 5.49. The van der Waals surface area contributed by atoms with Gasteiger partial charge in [-0.25, -0.2) is 4.79 Å². The summed E-state index contributed by atoms with van der Waals surface area (Å²) >= 11 is 0. The van der Waals surface area contributed by atoms with Crippen molar-refractivity contribution >= 4 is 5.97 Å². The first-order valence-electron chi connectivity index (χ1n) is 10.8. The topological polar surface area (TPSA) is 186 Å². The predicted octanol–water partition coefficient (Wildman–Crippen LogP) is 3.31. The molecule has 1 aliphatic heterocycles. The van der Waals surface area contributed by atoms with Crippen LogP contribution in [0.2, 0.25) is 0 Å². The van der Waals surface area contributed by atoms with Gasteiger partial charge in [0.2, 0.25) is 5.75 Å². The molecule has 0 saturated carbocycles. The van der Waals surface area contributed by atoms with Gasteiger partial charge >= 0.3 is 5.97 Å². The van der Waals surface area contributed by atoms with Crippen LogP contribution in [0.1, 0.15) is 41.4 Å². The summed E-state index contributed by atoms with van der Waals surface area (Å²) in [5, 5.41) is 70.1. The number of rotatable bonds is 5. The maximum atomic E-state index is 12.9. The van der Waals surface area contributed by atoms with E-state index in [1.165, 1.54) is 18.2 Å². The van der Waals surface area contributed by atoms with Crippen LogP contribution in [0, 0.1) is 0 Å². The molecule has 36 heavy (non-hydrogen) atoms. The monoisotopic (exact) mass is 500 g/mol. The first-order valence-corrected chi connectivity index (χ1v) is 10.8. The zero-order valence-electron chi connectivity index (χ0n) is 19.2. The van der Waals surface area contributed by atoms with Crippen LogP contribution in [0.3, 0.4) is 0 Å². The quantitative estimate of drug-likeness (QED) is 0.201. The molecule has 0 saturated heterocycles. The highest BCUT2D eigenvalue weighted by Gasteiger charge is 2.37. The van der Waals surface area contributed by atoms with E-state index in [0.717, 1.165) is 18.2 Å². The molecule has 1 aliphatic rings. The Morgan fingerprint density at radius 2 is 1.47 bits per heavy atom. The maximum absolute atomic E-state index is 12.9. The molecular formula is C25H24O11. The molecule has 3 aromatic rings. The summed E-state index contributed by atoms with van der Waals surface area (Å²) in [4.78, 5) is 12.9. The van der Waals surface area contributed by atoms with Crippen molar-refractivity contribution in [2.75, 3.05) is 0 Å². The van der Waals surface area contributed by atoms with E-state index in [1.807, 2.05) is 0 Å². The highest BCUT2D eigenvalue weighted by Crippen LogP contribution is 2.46. The number of hydrogen-bond acceptors (Lipinski definition) is 11. The average molecular weight is 500 g/mol. The third-order valence-corrected chi connectivity index (χ3v) is 5.49. The van der Waals surface area contributed by atoms with Crippen molar-refractivity contribution in [2.45, 2.75) is 38.6 Å². The number of hydrogen-bond donors (Lipinski definition) is 7. The van der Waals surface area contributed by atoms with Gasteiger partial charge in [-0.15, -0.1) is 0 Å². The summed E-state index contributed by atoms with van der Waals surface area (Å²) in [5.74, 6) is -4.74. The maximum Gasteiger partial charge on any atom is 0.338 e. The van der Waals surface area contributed by atoms with E-state index in [9.17, 15) is 40.5 Å². The Hall–Kier alpha value is -4.67. The molecule has 0 aromatic heterocycles. The molecule has 190 valence electrons. The SMILES string of the molecule is CC(C)Oc1c(O)cc([C@H]2Oc3cc(O)cc(O)c3C[C@H]2OC(=O)c2cc(O)c(O)c(O)c2)cc1O. The fourth-order valence-electron chi connectivity index (χ4n) is 3.90. The summed E-state index contributed by atoms with van der Waals surface area (Å²) in [6, 6.07) is 6.66. The number of carbonyl (C=O) groups excluding carboxylic acids is 1. The molecule has 7 N–H and O–H groups in total. The summed E-state index contributed by atoms with van der Waals surface area (Å²) in [7, 11) is 0. The average Bonchev–Trinajstić information content (AvgIpc) is 2.79. The number of phenols is 7. The van der Waals surface area contributed by atoms with Crippen LogP contribution >= 0.6 is 0 Å². The van der Waals surface area contributed by atoms with E-state index in [0.29, 0.717) is 0 Å². The zero-order chi connectivity index (χ0) is 26.3. The largest absolute Gasteiger partial charge is 0.508 e. The Bertz CT molecular complexity index is 1290. The Balaban J connectivity index is 1.74. The van der Waals surface area contributed by atoms with Gasteiger partial charge in [0.05, 0.1) is 11.7 Å². The Morgan fingerprint density at radius 3 is 2.06 bits per heavy atom. The normalized spacial score (nSPS) is 16.8. The standard InChI is InChI=1S/C25H24O11/c1-10(2)34-24-18(30)3-11(4-19(24)31)23-21(9-14-15(27)7-13(26)8-20(14)35-23)36-25(33)12-5-16(28)22(32)17(29)6-12/h3-8,10,21,23,26-32H,9H2,1-2H3/t21-,23-/m1/s1. The van der Waals surface area contributed by atoms with Crippen LogP contribution in [-0.4, -0.2) is 53.9 Å². The molecule has 4 rings (SSSR count). The molecule has 1 heterocycles. The minimum Gasteiger partial charge on any atom is -0.508 e. The lowest BCUT2D eigenvalue weighted by molar-refractivity contribution is -0.0189. The molecular weight excluding hydrogens is 476 g/mol. The van der Waals surface area contributed by atoms with Crippen molar-refractivity contribution < 1.29 is 54.8 Å². The van der Waals surface area contributed by atoms with E-state index in [1.54, 1.807) is 13.8 Å². The van der Waals surface area contributed by atoms with Crippen LogP contribution in [0.25, 0.3) is 0 Å². The molecule has 0 fully saturated rings. The Morgan fingerprint density at radius 1 is 0.861 bits per heavy atom. The van der Waals surface area contributed by atoms with Crippen LogP contribution in [0.5, 0.6) is 51.7 Å². The van der Waals surface area contributed by atoms with Gasteiger partial charge in [-0.2, -0.15) is 0 Å². The highest BCUT2D eigenvalue weighted by atomic mass is 16.6. The smallest absolute Gasteiger partial charge is 0.338 e. The molecule has 0 spiro atoms. The molecule has 0 bridgehead atoms. The van der Waals surface area contributed by atoms with E-state index < -0.39 is 46.9 Å². The summed E-state index contributed by atoms with van der Waals surface area (Å²) in [6.45, 7) is 3.42. The lowest BCUT2D eigenvalue weighted by Crippen LogP contribution is -2.34. The minimum atomic E-state index is -1.14. The fraction of sp³-hybridized carbons (Fsp3) is 0.240. The van der Waals surface area contributed by atoms with E-state index >= 15 is 0 Å². The fourth-order valence-corrected chi connectivity index (χ4v) is 3.90. The number of ether oxygens (including phenoxy) is 3. The van der Waals surface area contributed by atoms with Gasteiger partial charge in [-0.3, -0.25) is 0 Å². The van der Waals surface area contributed by atoms with Crippen molar-refractivity contribution in [3.05, 3.63) is 53.1 Å². The van der Waals surface area contributed by atoms with Crippen molar-refractivity contribution in [3.8, 4) is 51.7 Å². The minimum absolute atomic E-state index is 0.0891. The Labute approximate surface area is 204 Å². The molecule has 2 atom stereocenters. The second-order valence-electron chi connectivity index (χ2n) is 8.55. The molecule has 0 aliphatic carbocycles. The van der Waals surface area contributed by atoms with Gasteiger partial charge in [0.15, 0.2) is 34.9 Å². The summed E-state index contributed by atoms with van der Waals surface area (Å²) in [6.07, 6.45) is -2.72. The predicted molar refractivity (Wildman–Crippen MR) is 123 cm³/mol. The second kappa shape index (κ2) is 9.17. The number of benzene rings is 3. The first kappa shape index (κ1) is 24.5. The van der Waals surface area contributed by atoms with E-state index in [2.05, 4.69) is 0 Å². The van der Waals surface area contributed by atoms with Crippen LogP contribution in [-0.2, 0) is 11.2 Å². The van der Waals surface area contributed by atoms with Crippen molar-refractivity contribution in [2.24, 2.45) is 0 Å². The van der Waals surface area contributed by atoms with Gasteiger partial charge < -0.3 is 50.0 Å². The third kappa shape index (κ3) is 4.63. The lowest BCUT2D eigenvalue weighted by Gasteiger charge is -2.34. The lowest BCUT2D eigenvalue weighted by atomic mass is 9.93. The first-order chi connectivity index (χ1) is 16.9. The number of carbonyl (C=O) groups is 1. The number of phenolic OH excluding ortho intramolecular Hbond substituents is 7. The van der Waals surface area contributed by atoms with Crippen molar-refractivity contribution in [1.82, 2.24) is 0 Å². The summed E-state index contributed by atoms with van der Waals surface area (Å²) < 4.78 is 16.9. The summed E-state index contributed by atoms with van der Waals surface area (Å²) in [5.41, 5.74) is 0.129. The molecule has 0 amide bonds. The van der Waals surface area contributed by atoms with Gasteiger partial charge in [0.25, 0.3) is 0 Å². The van der Waals surface area contributed by atoms with Gasteiger partial charge in [-0.1, -0.05) is 0 Å². The van der Waals surface area contributed by atoms with Crippen LogP contribution < -0.4 is 9.47 Å². The van der Waals surface area contributed by atoms with E-state index in [-0.39, 0.29) is 52.2 Å².